The van der Waals surface area contributed by atoms with Crippen molar-refractivity contribution in [3.8, 4) is 5.75 Å². The minimum absolute atomic E-state index is 0. The number of hydrogen-bond donors (Lipinski definition) is 2. The molecule has 0 aromatic heterocycles. The fourth-order valence-corrected chi connectivity index (χ4v) is 1.70. The number of non-ortho nitro benzene ring substituents is 1. The second-order valence-corrected chi connectivity index (χ2v) is 4.39. The number of rotatable bonds is 2. The van der Waals surface area contributed by atoms with Crippen molar-refractivity contribution < 1.29 is 132 Å². The molecule has 0 atom stereocenters. The van der Waals surface area contributed by atoms with Crippen LogP contribution >= 0.6 is 0 Å². The molecule has 0 unspecified atom stereocenters. The van der Waals surface area contributed by atoms with Crippen molar-refractivity contribution in [2.24, 2.45) is 0 Å². The number of aliphatic hydroxyl groups excluding tert-OH is 1. The fourth-order valence-electron chi connectivity index (χ4n) is 1.70. The van der Waals surface area contributed by atoms with Crippen LogP contribution in [0.25, 0.3) is 0 Å². The van der Waals surface area contributed by atoms with Crippen molar-refractivity contribution in [1.29, 1.82) is 0 Å². The molecule has 0 bridgehead atoms. The Balaban J connectivity index is -0.000000187. The molecule has 1 aliphatic heterocycles. The second kappa shape index (κ2) is 23.1. The van der Waals surface area contributed by atoms with E-state index in [9.17, 15) is 19.7 Å². The largest absolute Gasteiger partial charge is 0.624 e. The zero-order valence-electron chi connectivity index (χ0n) is 15.7. The van der Waals surface area contributed by atoms with Crippen LogP contribution in [-0.2, 0) is 108 Å². The van der Waals surface area contributed by atoms with Gasteiger partial charge in [-0.1, -0.05) is 0 Å². The van der Waals surface area contributed by atoms with Gasteiger partial charge in [0.1, 0.15) is 5.75 Å². The maximum Gasteiger partial charge on any atom is 0.481 e. The van der Waals surface area contributed by atoms with Crippen LogP contribution in [0.15, 0.2) is 24.3 Å². The van der Waals surface area contributed by atoms with Crippen LogP contribution in [0, 0.1) is 31.4 Å². The summed E-state index contributed by atoms with van der Waals surface area (Å²) in [5.41, 5.74) is -0.0830. The van der Waals surface area contributed by atoms with E-state index in [1.165, 1.54) is 24.3 Å². The van der Waals surface area contributed by atoms with Gasteiger partial charge in [0.25, 0.3) is 5.69 Å². The van der Waals surface area contributed by atoms with Crippen LogP contribution in [0.3, 0.4) is 0 Å². The molecule has 1 aromatic carbocycles. The summed E-state index contributed by atoms with van der Waals surface area (Å²) in [6.07, 6.45) is -1.31. The van der Waals surface area contributed by atoms with Gasteiger partial charge in [-0.05, 0) is 12.1 Å². The average Bonchev–Trinajstić information content (AvgIpc) is 2.70. The van der Waals surface area contributed by atoms with Gasteiger partial charge in [-0.2, -0.15) is 14.2 Å². The zero-order chi connectivity index (χ0) is 19.9. The predicted molar refractivity (Wildman–Crippen MR) is 89.1 cm³/mol. The van der Waals surface area contributed by atoms with Crippen molar-refractivity contribution in [3.05, 3.63) is 55.7 Å². The Hall–Kier alpha value is 0.392. The number of piperazine rings is 1. The number of nitrogens with zero attached hydrogens (tertiary/aromatic N) is 2. The number of carbonyl (C=O) groups is 2. The third-order valence-corrected chi connectivity index (χ3v) is 2.87. The first kappa shape index (κ1) is 36.7. The first-order chi connectivity index (χ1) is 12.5. The van der Waals surface area contributed by atoms with Crippen LogP contribution in [0.4, 0.5) is 15.3 Å². The first-order valence-electron chi connectivity index (χ1n) is 7.09. The molecule has 14 heteroatoms. The number of ether oxygens (including phenoxy) is 3. The third-order valence-electron chi connectivity index (χ3n) is 2.87. The van der Waals surface area contributed by atoms with Crippen molar-refractivity contribution in [2.45, 2.75) is 0 Å². The second-order valence-electron chi connectivity index (χ2n) is 4.39. The number of nitrogens with one attached hydrogen (secondary N) is 1. The molecule has 0 aliphatic carbocycles. The Labute approximate surface area is 244 Å². The van der Waals surface area contributed by atoms with Crippen LogP contribution in [0.1, 0.15) is 0 Å². The molecule has 1 fully saturated rings. The summed E-state index contributed by atoms with van der Waals surface area (Å²) in [5, 5.41) is 20.1. The monoisotopic (exact) mass is 637 g/mol. The Kier molecular flexibility index (Phi) is 29.2. The van der Waals surface area contributed by atoms with Gasteiger partial charge in [0.15, 0.2) is 0 Å². The van der Waals surface area contributed by atoms with Gasteiger partial charge >= 0.3 is 12.2 Å². The Morgan fingerprint density at radius 3 is 1.90 bits per heavy atom. The number of nitro benzene ring substituents is 1. The van der Waals surface area contributed by atoms with Crippen molar-refractivity contribution in [3.63, 3.8) is 0 Å². The first-order valence-corrected chi connectivity index (χ1v) is 7.09. The number of carbonyl (C=O) groups excluding carboxylic acids is 2. The van der Waals surface area contributed by atoms with Gasteiger partial charge in [-0.25, -0.2) is 16.7 Å². The van der Waals surface area contributed by atoms with Gasteiger partial charge in [-0.3, -0.25) is 10.1 Å². The summed E-state index contributed by atoms with van der Waals surface area (Å²) in [6.45, 7) is 3.12. The molecule has 0 spiro atoms. The molecule has 29 heavy (non-hydrogen) atoms. The molecule has 3 radical (unpaired) electrons. The number of nitro groups is 1. The molecular weight excluding hydrogens is 617 g/mol. The molecule has 1 heterocycles. The van der Waals surface area contributed by atoms with E-state index >= 15 is 0 Å². The molecule has 155 valence electrons. The van der Waals surface area contributed by atoms with E-state index in [-0.39, 0.29) is 116 Å². The van der Waals surface area contributed by atoms with Gasteiger partial charge in [0, 0.05) is 136 Å². The minimum Gasteiger partial charge on any atom is -0.624 e. The molecule has 2 rings (SSSR count). The molecule has 1 amide bonds. The van der Waals surface area contributed by atoms with E-state index < -0.39 is 11.1 Å². The molecule has 2 N–H and O–H groups in total. The molecule has 1 aliphatic rings. The van der Waals surface area contributed by atoms with E-state index in [0.29, 0.717) is 13.1 Å². The van der Waals surface area contributed by atoms with E-state index in [1.807, 2.05) is 0 Å². The number of benzene rings is 1. The molecule has 11 nitrogen and oxygen atoms in total. The van der Waals surface area contributed by atoms with Crippen molar-refractivity contribution >= 4 is 17.9 Å². The van der Waals surface area contributed by atoms with Crippen LogP contribution in [-0.4, -0.2) is 53.4 Å². The van der Waals surface area contributed by atoms with Gasteiger partial charge < -0.3 is 29.5 Å². The quantitative estimate of drug-likeness (QED) is 0.164. The fraction of sp³-hybridized carbons (Fsp3) is 0.267. The zero-order valence-corrected chi connectivity index (χ0v) is 24.2. The smallest absolute Gasteiger partial charge is 0.481 e. The predicted octanol–water partition coefficient (Wildman–Crippen LogP) is 1.86. The Bertz CT molecular complexity index is 572. The number of aliphatic hydroxyl groups is 1. The van der Waals surface area contributed by atoms with Crippen LogP contribution in [0.2, 0.25) is 0 Å². The Morgan fingerprint density at radius 2 is 1.52 bits per heavy atom. The van der Waals surface area contributed by atoms with Crippen molar-refractivity contribution in [2.75, 3.05) is 26.2 Å². The van der Waals surface area contributed by atoms with Gasteiger partial charge in [0.2, 0.25) is 0 Å². The molecular formula is C15H20N3O8Y3-3. The van der Waals surface area contributed by atoms with Crippen LogP contribution < -0.4 is 10.1 Å². The standard InChI is InChI=1S/C8H6NO5.C6H11N2O2.CH3O.3Y/c1-13-8(10)14-7-4-2-6(3-5-7)9(11)12;1-10-6(9)8-4-2-7-3-5-8;1-2;;;/h2-5H,1H2;7H,1-5H2;2H,1H2;;;/q3*-1;;;. The van der Waals surface area contributed by atoms with Gasteiger partial charge in [0.05, 0.1) is 4.92 Å². The third kappa shape index (κ3) is 16.7. The van der Waals surface area contributed by atoms with E-state index in [0.717, 1.165) is 13.1 Å². The van der Waals surface area contributed by atoms with E-state index in [4.69, 9.17) is 5.11 Å². The van der Waals surface area contributed by atoms with E-state index in [2.05, 4.69) is 40.9 Å². The SMILES string of the molecule is [CH2-]O.[CH2-]OC(=O)N1CCNCC1.[CH2-]OC(=O)Oc1ccc([N+](=O)[O-])cc1.[Y].[Y].[Y]. The molecule has 0 saturated carbocycles. The maximum atomic E-state index is 10.8. The summed E-state index contributed by atoms with van der Waals surface area (Å²) in [4.78, 5) is 32.7. The maximum absolute atomic E-state index is 10.8. The van der Waals surface area contributed by atoms with Gasteiger partial charge in [-0.15, -0.1) is 0 Å². The summed E-state index contributed by atoms with van der Waals surface area (Å²) in [6, 6.07) is 5.00. The number of amides is 1. The minimum atomic E-state index is -0.973. The summed E-state index contributed by atoms with van der Waals surface area (Å²) in [7, 11) is 8.14. The summed E-state index contributed by atoms with van der Waals surface area (Å²) >= 11 is 0. The molecule has 1 saturated heterocycles. The summed E-state index contributed by atoms with van der Waals surface area (Å²) in [5.74, 6) is 0.157. The topological polar surface area (TPSA) is 140 Å². The average molecular weight is 637 g/mol. The summed E-state index contributed by atoms with van der Waals surface area (Å²) < 4.78 is 12.8. The Morgan fingerprint density at radius 1 is 1.03 bits per heavy atom. The number of hydrogen-bond acceptors (Lipinski definition) is 9. The van der Waals surface area contributed by atoms with E-state index in [1.54, 1.807) is 4.90 Å². The van der Waals surface area contributed by atoms with Crippen LogP contribution in [0.5, 0.6) is 5.75 Å². The normalized spacial score (nSPS) is 11.1. The molecule has 1 aromatic rings. The van der Waals surface area contributed by atoms with Crippen molar-refractivity contribution in [1.82, 2.24) is 10.2 Å².